The summed E-state index contributed by atoms with van der Waals surface area (Å²) >= 11 is 0. The first-order valence-corrected chi connectivity index (χ1v) is 8.09. The molecule has 0 aliphatic carbocycles. The maximum atomic E-state index is 12.1. The van der Waals surface area contributed by atoms with E-state index in [-0.39, 0.29) is 30.6 Å². The lowest BCUT2D eigenvalue weighted by atomic mass is 10.0. The monoisotopic (exact) mass is 346 g/mol. The smallest absolute Gasteiger partial charge is 0.339 e. The number of aromatic hydroxyl groups is 1. The van der Waals surface area contributed by atoms with Crippen molar-refractivity contribution in [2.45, 2.75) is 45.6 Å². The Kier molecular flexibility index (Phi) is 5.80. The Morgan fingerprint density at radius 2 is 2.08 bits per heavy atom. The third-order valence-electron chi connectivity index (χ3n) is 4.07. The second kappa shape index (κ2) is 7.83. The zero-order valence-corrected chi connectivity index (χ0v) is 14.1. The molecule has 2 rings (SSSR count). The van der Waals surface area contributed by atoms with E-state index in [0.717, 1.165) is 0 Å². The molecule has 0 fully saturated rings. The Morgan fingerprint density at radius 1 is 1.36 bits per heavy atom. The van der Waals surface area contributed by atoms with Gasteiger partial charge in [0.05, 0.1) is 12.0 Å². The number of carbonyl (C=O) groups excluding carboxylic acids is 2. The zero-order chi connectivity index (χ0) is 18.6. The average molecular weight is 346 g/mol. The number of hydrogen-bond donors (Lipinski definition) is 2. The number of aliphatic carboxylic acids is 1. The van der Waals surface area contributed by atoms with Gasteiger partial charge in [0.1, 0.15) is 11.3 Å². The minimum absolute atomic E-state index is 0.00794. The van der Waals surface area contributed by atoms with Crippen LogP contribution in [-0.4, -0.2) is 23.0 Å². The number of carbonyl (C=O) groups is 2. The molecule has 0 saturated heterocycles. The fourth-order valence-electron chi connectivity index (χ4n) is 2.71. The minimum Gasteiger partial charge on any atom is -0.548 e. The number of amides is 1. The van der Waals surface area contributed by atoms with Crippen LogP contribution in [0.5, 0.6) is 5.75 Å². The summed E-state index contributed by atoms with van der Waals surface area (Å²) in [6, 6.07) is 3.45. The van der Waals surface area contributed by atoms with Crippen LogP contribution >= 0.6 is 0 Å². The van der Waals surface area contributed by atoms with Crippen LogP contribution in [0.2, 0.25) is 0 Å². The fraction of sp³-hybridized carbons (Fsp3) is 0.389. The van der Waals surface area contributed by atoms with Gasteiger partial charge in [-0.15, -0.1) is 0 Å². The molecule has 0 unspecified atom stereocenters. The van der Waals surface area contributed by atoms with E-state index in [1.54, 1.807) is 13.0 Å². The molecular weight excluding hydrogens is 326 g/mol. The van der Waals surface area contributed by atoms with Crippen LogP contribution < -0.4 is 16.0 Å². The van der Waals surface area contributed by atoms with Crippen molar-refractivity contribution < 1.29 is 24.2 Å². The van der Waals surface area contributed by atoms with Gasteiger partial charge in [0, 0.05) is 23.4 Å². The van der Waals surface area contributed by atoms with Crippen LogP contribution in [0, 0.1) is 6.92 Å². The maximum Gasteiger partial charge on any atom is 0.339 e. The van der Waals surface area contributed by atoms with E-state index in [4.69, 9.17) is 4.42 Å². The number of carboxylic acids is 1. The van der Waals surface area contributed by atoms with E-state index in [0.29, 0.717) is 22.9 Å². The molecule has 0 saturated carbocycles. The molecule has 7 nitrogen and oxygen atoms in total. The van der Waals surface area contributed by atoms with Crippen molar-refractivity contribution in [2.75, 3.05) is 0 Å². The van der Waals surface area contributed by atoms with Gasteiger partial charge in [-0.25, -0.2) is 4.79 Å². The number of rotatable bonds is 7. The lowest BCUT2D eigenvalue weighted by Crippen LogP contribution is -2.47. The van der Waals surface area contributed by atoms with E-state index in [2.05, 4.69) is 5.32 Å². The van der Waals surface area contributed by atoms with Gasteiger partial charge in [-0.3, -0.25) is 4.79 Å². The van der Waals surface area contributed by atoms with Crippen LogP contribution in [-0.2, 0) is 16.0 Å². The topological polar surface area (TPSA) is 120 Å². The second-order valence-corrected chi connectivity index (χ2v) is 5.90. The molecule has 1 aromatic heterocycles. The Bertz CT molecular complexity index is 855. The summed E-state index contributed by atoms with van der Waals surface area (Å²) in [5.74, 6) is -1.80. The van der Waals surface area contributed by atoms with Crippen molar-refractivity contribution in [2.24, 2.45) is 0 Å². The first-order chi connectivity index (χ1) is 11.8. The Balaban J connectivity index is 2.15. The van der Waals surface area contributed by atoms with E-state index in [1.165, 1.54) is 12.1 Å². The first-order valence-electron chi connectivity index (χ1n) is 8.09. The van der Waals surface area contributed by atoms with Crippen LogP contribution in [0.3, 0.4) is 0 Å². The second-order valence-electron chi connectivity index (χ2n) is 5.90. The average Bonchev–Trinajstić information content (AvgIpc) is 2.53. The predicted octanol–water partition coefficient (Wildman–Crippen LogP) is 0.774. The highest BCUT2D eigenvalue weighted by Gasteiger charge is 2.16. The van der Waals surface area contributed by atoms with E-state index < -0.39 is 23.5 Å². The van der Waals surface area contributed by atoms with Gasteiger partial charge in [-0.2, -0.15) is 0 Å². The number of benzene rings is 1. The molecule has 0 aliphatic heterocycles. The molecule has 0 bridgehead atoms. The molecule has 1 amide bonds. The number of fused-ring (bicyclic) bond motifs is 1. The molecule has 134 valence electrons. The molecule has 1 aromatic carbocycles. The molecular formula is C18H20NO6-. The summed E-state index contributed by atoms with van der Waals surface area (Å²) in [7, 11) is 0. The number of aryl methyl sites for hydroxylation is 1. The van der Waals surface area contributed by atoms with E-state index in [9.17, 15) is 24.6 Å². The Morgan fingerprint density at radius 3 is 2.72 bits per heavy atom. The van der Waals surface area contributed by atoms with Gasteiger partial charge in [0.15, 0.2) is 0 Å². The SMILES string of the molecule is CCC[C@@H](NC(=O)CCc1c(C)c2ccc(O)cc2oc1=O)C(=O)[O-]. The van der Waals surface area contributed by atoms with Crippen LogP contribution in [0.4, 0.5) is 0 Å². The van der Waals surface area contributed by atoms with Gasteiger partial charge >= 0.3 is 5.63 Å². The van der Waals surface area contributed by atoms with E-state index in [1.807, 2.05) is 6.92 Å². The molecule has 25 heavy (non-hydrogen) atoms. The first kappa shape index (κ1) is 18.5. The third-order valence-corrected chi connectivity index (χ3v) is 4.07. The molecule has 0 aliphatic rings. The van der Waals surface area contributed by atoms with Gasteiger partial charge < -0.3 is 24.7 Å². The van der Waals surface area contributed by atoms with Crippen molar-refractivity contribution in [1.29, 1.82) is 0 Å². The third kappa shape index (κ3) is 4.37. The highest BCUT2D eigenvalue weighted by molar-refractivity contribution is 5.84. The largest absolute Gasteiger partial charge is 0.548 e. The number of phenols is 1. The van der Waals surface area contributed by atoms with Crippen LogP contribution in [0.25, 0.3) is 11.0 Å². The lowest BCUT2D eigenvalue weighted by Gasteiger charge is -2.19. The van der Waals surface area contributed by atoms with Gasteiger partial charge in [0.2, 0.25) is 5.91 Å². The summed E-state index contributed by atoms with van der Waals surface area (Å²) in [4.78, 5) is 35.1. The van der Waals surface area contributed by atoms with Gasteiger partial charge in [-0.05, 0) is 37.5 Å². The van der Waals surface area contributed by atoms with Crippen molar-refractivity contribution in [3.05, 3.63) is 39.7 Å². The van der Waals surface area contributed by atoms with Crippen LogP contribution in [0.1, 0.15) is 37.3 Å². The van der Waals surface area contributed by atoms with E-state index >= 15 is 0 Å². The number of hydrogen-bond acceptors (Lipinski definition) is 6. The number of nitrogens with one attached hydrogen (secondary N) is 1. The maximum absolute atomic E-state index is 12.1. The fourth-order valence-corrected chi connectivity index (χ4v) is 2.71. The zero-order valence-electron chi connectivity index (χ0n) is 14.1. The minimum atomic E-state index is -1.32. The Labute approximate surface area is 144 Å². The highest BCUT2D eigenvalue weighted by Crippen LogP contribution is 2.23. The standard InChI is InChI=1S/C18H21NO6/c1-3-4-14(17(22)23)19-16(21)8-7-13-10(2)12-6-5-11(20)9-15(12)25-18(13)24/h5-6,9,14,20H,3-4,7-8H2,1-2H3,(H,19,21)(H,22,23)/p-1/t14-/m1/s1. The Hall–Kier alpha value is -2.83. The molecule has 0 radical (unpaired) electrons. The summed E-state index contributed by atoms with van der Waals surface area (Å²) in [6.45, 7) is 3.55. The molecule has 0 spiro atoms. The lowest BCUT2D eigenvalue weighted by molar-refractivity contribution is -0.308. The molecule has 2 aromatic rings. The van der Waals surface area contributed by atoms with Crippen molar-refractivity contribution in [1.82, 2.24) is 5.32 Å². The van der Waals surface area contributed by atoms with Crippen molar-refractivity contribution in [3.63, 3.8) is 0 Å². The highest BCUT2D eigenvalue weighted by atomic mass is 16.4. The molecule has 1 atom stereocenters. The molecule has 1 heterocycles. The summed E-state index contributed by atoms with van der Waals surface area (Å²) in [5, 5.41) is 23.5. The van der Waals surface area contributed by atoms with Gasteiger partial charge in [0.25, 0.3) is 0 Å². The number of phenolic OH excluding ortho intramolecular Hbond substituents is 1. The normalized spacial score (nSPS) is 12.1. The van der Waals surface area contributed by atoms with Crippen molar-refractivity contribution in [3.8, 4) is 5.75 Å². The summed E-state index contributed by atoms with van der Waals surface area (Å²) < 4.78 is 5.19. The predicted molar refractivity (Wildman–Crippen MR) is 89.1 cm³/mol. The molecule has 7 heteroatoms. The molecule has 2 N–H and O–H groups in total. The van der Waals surface area contributed by atoms with Gasteiger partial charge in [-0.1, -0.05) is 13.3 Å². The summed E-state index contributed by atoms with van der Waals surface area (Å²) in [6.07, 6.45) is 0.971. The van der Waals surface area contributed by atoms with Crippen LogP contribution in [0.15, 0.2) is 27.4 Å². The quantitative estimate of drug-likeness (QED) is 0.715. The van der Waals surface area contributed by atoms with Crippen molar-refractivity contribution >= 4 is 22.8 Å². The number of carboxylic acid groups (broad SMARTS) is 1. The summed E-state index contributed by atoms with van der Waals surface area (Å²) in [5.41, 5.74) is 0.724.